The number of aromatic nitrogens is 3. The van der Waals surface area contributed by atoms with Crippen LogP contribution in [0.1, 0.15) is 17.0 Å². The molecule has 0 aliphatic rings. The average Bonchev–Trinajstić information content (AvgIpc) is 2.42. The average molecular weight is 312 g/mol. The van der Waals surface area contributed by atoms with E-state index in [1.165, 1.54) is 12.3 Å². The highest BCUT2D eigenvalue weighted by atomic mass is 19.4. The number of ether oxygens (including phenoxy) is 1. The van der Waals surface area contributed by atoms with Crippen molar-refractivity contribution >= 4 is 5.95 Å². The molecule has 0 aromatic carbocycles. The molecule has 2 rings (SSSR count). The first-order chi connectivity index (χ1) is 10.4. The van der Waals surface area contributed by atoms with Gasteiger partial charge < -0.3 is 10.1 Å². The number of rotatable bonds is 5. The van der Waals surface area contributed by atoms with E-state index >= 15 is 0 Å². The van der Waals surface area contributed by atoms with Crippen LogP contribution in [0.3, 0.4) is 0 Å². The van der Waals surface area contributed by atoms with Gasteiger partial charge in [-0.2, -0.15) is 13.2 Å². The first-order valence-corrected chi connectivity index (χ1v) is 6.57. The minimum Gasteiger partial charge on any atom is -0.475 e. The fraction of sp³-hybridized carbons (Fsp3) is 0.357. The lowest BCUT2D eigenvalue weighted by molar-refractivity contribution is -0.139. The van der Waals surface area contributed by atoms with Crippen LogP contribution < -0.4 is 10.1 Å². The van der Waals surface area contributed by atoms with Gasteiger partial charge >= 0.3 is 6.18 Å². The molecule has 0 fully saturated rings. The molecule has 8 heteroatoms. The summed E-state index contributed by atoms with van der Waals surface area (Å²) in [4.78, 5) is 11.9. The molecule has 0 radical (unpaired) electrons. The maximum Gasteiger partial charge on any atom is 0.421 e. The van der Waals surface area contributed by atoms with Gasteiger partial charge in [0.05, 0.1) is 6.54 Å². The van der Waals surface area contributed by atoms with E-state index < -0.39 is 17.6 Å². The molecule has 2 aromatic heterocycles. The van der Waals surface area contributed by atoms with E-state index in [4.69, 9.17) is 4.74 Å². The molecule has 22 heavy (non-hydrogen) atoms. The third-order valence-corrected chi connectivity index (χ3v) is 2.68. The minimum atomic E-state index is -4.49. The predicted octanol–water partition coefficient (Wildman–Crippen LogP) is 3.00. The minimum absolute atomic E-state index is 0.0104. The Balaban J connectivity index is 1.92. The number of aryl methyl sites for hydroxylation is 2. The lowest BCUT2D eigenvalue weighted by Gasteiger charge is -2.12. The summed E-state index contributed by atoms with van der Waals surface area (Å²) < 4.78 is 43.4. The van der Waals surface area contributed by atoms with Crippen molar-refractivity contribution in [3.05, 3.63) is 41.3 Å². The molecule has 0 atom stereocenters. The van der Waals surface area contributed by atoms with Crippen LogP contribution in [0.5, 0.6) is 5.88 Å². The fourth-order valence-corrected chi connectivity index (χ4v) is 1.84. The van der Waals surface area contributed by atoms with Crippen LogP contribution in [0.4, 0.5) is 19.1 Å². The van der Waals surface area contributed by atoms with Gasteiger partial charge in [-0.1, -0.05) is 0 Å². The Kier molecular flexibility index (Phi) is 4.79. The zero-order valence-corrected chi connectivity index (χ0v) is 12.1. The third kappa shape index (κ3) is 4.31. The quantitative estimate of drug-likeness (QED) is 0.860. The summed E-state index contributed by atoms with van der Waals surface area (Å²) in [5.74, 6) is -0.0173. The van der Waals surface area contributed by atoms with Crippen LogP contribution in [0, 0.1) is 13.8 Å². The van der Waals surface area contributed by atoms with Crippen molar-refractivity contribution in [2.24, 2.45) is 0 Å². The second-order valence-corrected chi connectivity index (χ2v) is 4.60. The van der Waals surface area contributed by atoms with Crippen molar-refractivity contribution < 1.29 is 17.9 Å². The first kappa shape index (κ1) is 16.0. The lowest BCUT2D eigenvalue weighted by Crippen LogP contribution is -2.16. The number of hydrogen-bond donors (Lipinski definition) is 1. The number of halogens is 3. The van der Waals surface area contributed by atoms with E-state index in [9.17, 15) is 13.2 Å². The Bertz CT molecular complexity index is 626. The zero-order chi connectivity index (χ0) is 16.2. The number of anilines is 1. The van der Waals surface area contributed by atoms with E-state index in [-0.39, 0.29) is 13.2 Å². The van der Waals surface area contributed by atoms with Crippen LogP contribution in [-0.2, 0) is 6.18 Å². The maximum atomic E-state index is 12.8. The molecular formula is C14H15F3N4O. The number of nitrogens with one attached hydrogen (secondary N) is 1. The fourth-order valence-electron chi connectivity index (χ4n) is 1.84. The van der Waals surface area contributed by atoms with Crippen molar-refractivity contribution in [2.75, 3.05) is 18.5 Å². The number of pyridine rings is 1. The lowest BCUT2D eigenvalue weighted by atomic mass is 10.2. The van der Waals surface area contributed by atoms with Gasteiger partial charge in [-0.05, 0) is 32.0 Å². The van der Waals surface area contributed by atoms with Crippen molar-refractivity contribution in [3.63, 3.8) is 0 Å². The predicted molar refractivity (Wildman–Crippen MR) is 74.7 cm³/mol. The molecule has 0 saturated carbocycles. The molecule has 0 aliphatic carbocycles. The van der Waals surface area contributed by atoms with Gasteiger partial charge in [0.15, 0.2) is 0 Å². The van der Waals surface area contributed by atoms with E-state index in [0.717, 1.165) is 17.5 Å². The van der Waals surface area contributed by atoms with E-state index in [0.29, 0.717) is 5.95 Å². The van der Waals surface area contributed by atoms with Gasteiger partial charge in [-0.15, -0.1) is 0 Å². The molecule has 0 spiro atoms. The second-order valence-electron chi connectivity index (χ2n) is 4.60. The first-order valence-electron chi connectivity index (χ1n) is 6.57. The van der Waals surface area contributed by atoms with Gasteiger partial charge in [0, 0.05) is 17.6 Å². The Morgan fingerprint density at radius 2 is 1.86 bits per heavy atom. The summed E-state index contributed by atoms with van der Waals surface area (Å²) in [6.07, 6.45) is -3.24. The van der Waals surface area contributed by atoms with Crippen LogP contribution in [0.25, 0.3) is 0 Å². The van der Waals surface area contributed by atoms with Gasteiger partial charge in [0.25, 0.3) is 0 Å². The van der Waals surface area contributed by atoms with Gasteiger partial charge in [0.2, 0.25) is 11.8 Å². The molecule has 0 bridgehead atoms. The molecule has 2 heterocycles. The summed E-state index contributed by atoms with van der Waals surface area (Å²) in [6, 6.07) is 3.98. The Labute approximate surface area is 125 Å². The molecule has 1 N–H and O–H groups in total. The largest absolute Gasteiger partial charge is 0.475 e. The van der Waals surface area contributed by atoms with Gasteiger partial charge in [0.1, 0.15) is 12.2 Å². The van der Waals surface area contributed by atoms with E-state index in [1.54, 1.807) is 0 Å². The highest BCUT2D eigenvalue weighted by Gasteiger charge is 2.34. The van der Waals surface area contributed by atoms with Crippen LogP contribution in [-0.4, -0.2) is 28.1 Å². The Morgan fingerprint density at radius 1 is 1.18 bits per heavy atom. The van der Waals surface area contributed by atoms with Crippen molar-refractivity contribution in [3.8, 4) is 5.88 Å². The van der Waals surface area contributed by atoms with Gasteiger partial charge in [-0.25, -0.2) is 15.0 Å². The smallest absolute Gasteiger partial charge is 0.421 e. The van der Waals surface area contributed by atoms with E-state index in [1.807, 2.05) is 19.9 Å². The molecular weight excluding hydrogens is 297 g/mol. The SMILES string of the molecule is Cc1cc(C)nc(NCCOc2ncccc2C(F)(F)F)n1. The molecule has 0 saturated heterocycles. The molecule has 2 aromatic rings. The maximum absolute atomic E-state index is 12.8. The normalized spacial score (nSPS) is 11.3. The van der Waals surface area contributed by atoms with Crippen molar-refractivity contribution in [1.82, 2.24) is 15.0 Å². The molecule has 0 amide bonds. The van der Waals surface area contributed by atoms with Crippen molar-refractivity contribution in [1.29, 1.82) is 0 Å². The Morgan fingerprint density at radius 3 is 2.50 bits per heavy atom. The summed E-state index contributed by atoms with van der Waals surface area (Å²) >= 11 is 0. The monoisotopic (exact) mass is 312 g/mol. The summed E-state index contributed by atoms with van der Waals surface area (Å²) in [5, 5.41) is 2.90. The van der Waals surface area contributed by atoms with Crippen molar-refractivity contribution in [2.45, 2.75) is 20.0 Å². The van der Waals surface area contributed by atoms with Crippen LogP contribution >= 0.6 is 0 Å². The number of nitrogens with zero attached hydrogens (tertiary/aromatic N) is 3. The standard InChI is InChI=1S/C14H15F3N4O/c1-9-8-10(2)21-13(20-9)19-6-7-22-12-11(14(15,16)17)4-3-5-18-12/h3-5,8H,6-7H2,1-2H3,(H,19,20,21). The van der Waals surface area contributed by atoms with E-state index in [2.05, 4.69) is 20.3 Å². The Hall–Kier alpha value is -2.38. The summed E-state index contributed by atoms with van der Waals surface area (Å²) in [7, 11) is 0. The summed E-state index contributed by atoms with van der Waals surface area (Å²) in [6.45, 7) is 3.94. The van der Waals surface area contributed by atoms with Crippen LogP contribution in [0.15, 0.2) is 24.4 Å². The number of alkyl halides is 3. The molecule has 118 valence electrons. The molecule has 5 nitrogen and oxygen atoms in total. The topological polar surface area (TPSA) is 59.9 Å². The van der Waals surface area contributed by atoms with Crippen LogP contribution in [0.2, 0.25) is 0 Å². The highest BCUT2D eigenvalue weighted by molar-refractivity contribution is 5.29. The highest BCUT2D eigenvalue weighted by Crippen LogP contribution is 2.34. The number of hydrogen-bond acceptors (Lipinski definition) is 5. The molecule has 0 unspecified atom stereocenters. The molecule has 0 aliphatic heterocycles. The zero-order valence-electron chi connectivity index (χ0n) is 12.1. The van der Waals surface area contributed by atoms with Gasteiger partial charge in [-0.3, -0.25) is 0 Å². The second kappa shape index (κ2) is 6.59. The third-order valence-electron chi connectivity index (χ3n) is 2.68. The summed E-state index contributed by atoms with van der Waals surface area (Å²) in [5.41, 5.74) is 0.720.